The van der Waals surface area contributed by atoms with Crippen molar-refractivity contribution in [3.63, 3.8) is 0 Å². The molecule has 0 aliphatic rings. The second-order valence-electron chi connectivity index (χ2n) is 3.64. The van der Waals surface area contributed by atoms with E-state index in [0.29, 0.717) is 12.3 Å². The fourth-order valence-corrected chi connectivity index (χ4v) is 2.75. The van der Waals surface area contributed by atoms with E-state index in [9.17, 15) is 4.79 Å². The number of hydrogen-bond donors (Lipinski definition) is 2. The molecule has 3 nitrogen and oxygen atoms in total. The molecule has 5 heteroatoms. The van der Waals surface area contributed by atoms with Crippen molar-refractivity contribution in [3.8, 4) is 0 Å². The van der Waals surface area contributed by atoms with Gasteiger partial charge in [0.2, 0.25) is 0 Å². The van der Waals surface area contributed by atoms with Crippen LogP contribution in [-0.4, -0.2) is 17.9 Å². The van der Waals surface area contributed by atoms with Gasteiger partial charge in [0.25, 0.3) is 0 Å². The Morgan fingerprint density at radius 1 is 1.53 bits per heavy atom. The summed E-state index contributed by atoms with van der Waals surface area (Å²) in [4.78, 5) is 11.4. The fourth-order valence-electron chi connectivity index (χ4n) is 1.77. The molecule has 0 spiro atoms. The van der Waals surface area contributed by atoms with Crippen LogP contribution in [-0.2, 0) is 4.74 Å². The molecule has 1 rings (SSSR count). The number of carboxylic acid groups (broad SMARTS) is 1. The van der Waals surface area contributed by atoms with Crippen LogP contribution in [0.3, 0.4) is 0 Å². The van der Waals surface area contributed by atoms with E-state index in [-0.39, 0.29) is 6.61 Å². The lowest BCUT2D eigenvalue weighted by Crippen LogP contribution is -2.07. The lowest BCUT2D eigenvalue weighted by Gasteiger charge is -2.17. The molecule has 94 valence electrons. The van der Waals surface area contributed by atoms with Gasteiger partial charge in [-0.05, 0) is 30.4 Å². The second-order valence-corrected chi connectivity index (χ2v) is 4.81. The van der Waals surface area contributed by atoms with Crippen LogP contribution < -0.4 is 0 Å². The van der Waals surface area contributed by atoms with Crippen LogP contribution in [0.4, 0.5) is 4.79 Å². The SMILES string of the molecule is CCC(CCOC(=O)O)c1ccccc1SS. The van der Waals surface area contributed by atoms with Gasteiger partial charge >= 0.3 is 6.16 Å². The van der Waals surface area contributed by atoms with Crippen LogP contribution in [0.15, 0.2) is 29.2 Å². The average molecular weight is 272 g/mol. The fraction of sp³-hybridized carbons (Fsp3) is 0.417. The van der Waals surface area contributed by atoms with Gasteiger partial charge in [-0.1, -0.05) is 35.9 Å². The van der Waals surface area contributed by atoms with Gasteiger partial charge in [0.15, 0.2) is 0 Å². The number of ether oxygens (including phenoxy) is 1. The first-order chi connectivity index (χ1) is 8.19. The van der Waals surface area contributed by atoms with Crippen molar-refractivity contribution in [1.29, 1.82) is 0 Å². The lowest BCUT2D eigenvalue weighted by molar-refractivity contribution is 0.0886. The van der Waals surface area contributed by atoms with Gasteiger partial charge in [-0.25, -0.2) is 4.79 Å². The lowest BCUT2D eigenvalue weighted by atomic mass is 9.93. The van der Waals surface area contributed by atoms with E-state index in [1.54, 1.807) is 0 Å². The van der Waals surface area contributed by atoms with Gasteiger partial charge in [-0.2, -0.15) is 0 Å². The first kappa shape index (κ1) is 14.3. The third-order valence-corrected chi connectivity index (χ3v) is 3.80. The Bertz CT molecular complexity index is 369. The van der Waals surface area contributed by atoms with Crippen LogP contribution in [0.25, 0.3) is 0 Å². The quantitative estimate of drug-likeness (QED) is 0.463. The van der Waals surface area contributed by atoms with Crippen molar-refractivity contribution < 1.29 is 14.6 Å². The number of thiol groups is 1. The van der Waals surface area contributed by atoms with E-state index in [4.69, 9.17) is 5.11 Å². The molecular weight excluding hydrogens is 256 g/mol. The molecular formula is C12H16O3S2. The first-order valence-corrected chi connectivity index (χ1v) is 7.32. The maximum atomic E-state index is 10.3. The molecule has 0 amide bonds. The zero-order valence-corrected chi connectivity index (χ0v) is 11.3. The number of rotatable bonds is 6. The summed E-state index contributed by atoms with van der Waals surface area (Å²) < 4.78 is 4.56. The van der Waals surface area contributed by atoms with Gasteiger partial charge < -0.3 is 9.84 Å². The highest BCUT2D eigenvalue weighted by Gasteiger charge is 2.13. The molecule has 0 aliphatic heterocycles. The maximum absolute atomic E-state index is 10.3. The van der Waals surface area contributed by atoms with E-state index in [0.717, 1.165) is 11.3 Å². The normalized spacial score (nSPS) is 12.1. The Hall–Kier alpha value is -0.810. The molecule has 1 aromatic carbocycles. The molecule has 0 aliphatic carbocycles. The molecule has 1 aromatic rings. The summed E-state index contributed by atoms with van der Waals surface area (Å²) >= 11 is 4.23. The number of hydrogen-bond acceptors (Lipinski definition) is 4. The molecule has 0 saturated carbocycles. The molecule has 1 N–H and O–H groups in total. The molecule has 0 radical (unpaired) electrons. The molecule has 17 heavy (non-hydrogen) atoms. The minimum Gasteiger partial charge on any atom is -0.450 e. The van der Waals surface area contributed by atoms with E-state index in [2.05, 4.69) is 29.4 Å². The third kappa shape index (κ3) is 4.52. The molecule has 0 fully saturated rings. The largest absolute Gasteiger partial charge is 0.505 e. The van der Waals surface area contributed by atoms with Crippen LogP contribution in [0.5, 0.6) is 0 Å². The zero-order valence-electron chi connectivity index (χ0n) is 9.63. The zero-order chi connectivity index (χ0) is 12.7. The highest BCUT2D eigenvalue weighted by molar-refractivity contribution is 8.68. The summed E-state index contributed by atoms with van der Waals surface area (Å²) in [6.45, 7) is 2.32. The third-order valence-electron chi connectivity index (χ3n) is 2.64. The Labute approximate surface area is 110 Å². The topological polar surface area (TPSA) is 46.5 Å². The van der Waals surface area contributed by atoms with Crippen molar-refractivity contribution in [1.82, 2.24) is 0 Å². The van der Waals surface area contributed by atoms with Crippen molar-refractivity contribution in [2.24, 2.45) is 0 Å². The summed E-state index contributed by atoms with van der Waals surface area (Å²) in [5.41, 5.74) is 1.21. The number of benzene rings is 1. The molecule has 0 aromatic heterocycles. The van der Waals surface area contributed by atoms with E-state index < -0.39 is 6.16 Å². The van der Waals surface area contributed by atoms with Crippen molar-refractivity contribution in [2.45, 2.75) is 30.6 Å². The summed E-state index contributed by atoms with van der Waals surface area (Å²) in [6.07, 6.45) is 0.444. The summed E-state index contributed by atoms with van der Waals surface area (Å²) in [6, 6.07) is 8.05. The predicted octanol–water partition coefficient (Wildman–Crippen LogP) is 4.20. The molecule has 1 atom stereocenters. The smallest absolute Gasteiger partial charge is 0.450 e. The van der Waals surface area contributed by atoms with Gasteiger partial charge in [0.1, 0.15) is 0 Å². The Balaban J connectivity index is 2.68. The van der Waals surface area contributed by atoms with Crippen molar-refractivity contribution in [3.05, 3.63) is 29.8 Å². The minimum absolute atomic E-state index is 0.236. The first-order valence-electron chi connectivity index (χ1n) is 5.45. The van der Waals surface area contributed by atoms with E-state index in [1.165, 1.54) is 16.4 Å². The second kappa shape index (κ2) is 7.50. The van der Waals surface area contributed by atoms with Crippen molar-refractivity contribution >= 4 is 28.6 Å². The molecule has 1 unspecified atom stereocenters. The predicted molar refractivity (Wildman–Crippen MR) is 72.9 cm³/mol. The standard InChI is InChI=1S/C12H16O3S2/c1-2-9(7-8-15-12(13)14)10-5-3-4-6-11(10)17-16/h3-6,9,16H,2,7-8H2,1H3,(H,13,14). The maximum Gasteiger partial charge on any atom is 0.505 e. The van der Waals surface area contributed by atoms with Gasteiger partial charge in [0.05, 0.1) is 6.61 Å². The molecule has 0 saturated heterocycles. The average Bonchev–Trinajstić information content (AvgIpc) is 2.34. The monoisotopic (exact) mass is 272 g/mol. The molecule has 0 heterocycles. The minimum atomic E-state index is -1.21. The number of carbonyl (C=O) groups is 1. The van der Waals surface area contributed by atoms with Gasteiger partial charge in [-0.3, -0.25) is 0 Å². The summed E-state index contributed by atoms with van der Waals surface area (Å²) in [5, 5.41) is 8.43. The summed E-state index contributed by atoms with van der Waals surface area (Å²) in [7, 11) is 1.42. The summed E-state index contributed by atoms with van der Waals surface area (Å²) in [5.74, 6) is 0.310. The highest BCUT2D eigenvalue weighted by Crippen LogP contribution is 2.33. The van der Waals surface area contributed by atoms with Gasteiger partial charge in [0, 0.05) is 4.90 Å². The van der Waals surface area contributed by atoms with Crippen LogP contribution in [0.2, 0.25) is 0 Å². The Kier molecular flexibility index (Phi) is 6.29. The van der Waals surface area contributed by atoms with Crippen molar-refractivity contribution in [2.75, 3.05) is 6.61 Å². The Morgan fingerprint density at radius 3 is 2.82 bits per heavy atom. The molecule has 0 bridgehead atoms. The van der Waals surface area contributed by atoms with Gasteiger partial charge in [-0.15, -0.1) is 11.7 Å². The van der Waals surface area contributed by atoms with E-state index >= 15 is 0 Å². The Morgan fingerprint density at radius 2 is 2.24 bits per heavy atom. The van der Waals surface area contributed by atoms with Crippen LogP contribution in [0.1, 0.15) is 31.2 Å². The van der Waals surface area contributed by atoms with E-state index in [1.807, 2.05) is 18.2 Å². The van der Waals surface area contributed by atoms with Crippen LogP contribution >= 0.6 is 22.5 Å². The highest BCUT2D eigenvalue weighted by atomic mass is 33.1. The van der Waals surface area contributed by atoms with Crippen LogP contribution in [0, 0.1) is 0 Å².